The van der Waals surface area contributed by atoms with Crippen LogP contribution in [0.5, 0.6) is 0 Å². The number of rotatable bonds is 3. The predicted molar refractivity (Wildman–Crippen MR) is 122 cm³/mol. The number of piperidine rings is 2. The minimum absolute atomic E-state index is 0.0818. The van der Waals surface area contributed by atoms with E-state index in [1.807, 2.05) is 9.80 Å². The molecular weight excluding hydrogens is 428 g/mol. The smallest absolute Gasteiger partial charge is 0.320 e. The molecule has 176 valence electrons. The van der Waals surface area contributed by atoms with Gasteiger partial charge in [-0.25, -0.2) is 13.2 Å². The third-order valence-electron chi connectivity index (χ3n) is 6.82. The number of nitrogens with zero attached hydrogens (tertiary/aromatic N) is 4. The zero-order valence-corrected chi connectivity index (χ0v) is 19.7. The van der Waals surface area contributed by atoms with Gasteiger partial charge in [-0.05, 0) is 62.3 Å². The highest BCUT2D eigenvalue weighted by Crippen LogP contribution is 2.24. The standard InChI is InChI=1S/C23H34N4O4S/c1-19-6-5-13-27(18-19)32(30,31)21-9-7-20(8-10-21)22(28)24-14-16-26(17-15-24)23(29)25-11-3-2-4-12-25/h7-10,19H,2-6,11-18H2,1H3. The second-order valence-electron chi connectivity index (χ2n) is 9.24. The first-order valence-corrected chi connectivity index (χ1v) is 13.2. The first-order chi connectivity index (χ1) is 15.4. The Labute approximate surface area is 191 Å². The van der Waals surface area contributed by atoms with E-state index in [1.165, 1.54) is 18.6 Å². The maximum Gasteiger partial charge on any atom is 0.320 e. The molecule has 1 atom stereocenters. The Morgan fingerprint density at radius 1 is 0.781 bits per heavy atom. The lowest BCUT2D eigenvalue weighted by Crippen LogP contribution is -2.54. The minimum Gasteiger partial charge on any atom is -0.335 e. The molecule has 0 aromatic heterocycles. The van der Waals surface area contributed by atoms with Gasteiger partial charge in [0.2, 0.25) is 10.0 Å². The van der Waals surface area contributed by atoms with Crippen LogP contribution in [0.4, 0.5) is 4.79 Å². The van der Waals surface area contributed by atoms with Crippen LogP contribution in [0.1, 0.15) is 49.4 Å². The van der Waals surface area contributed by atoms with Crippen LogP contribution >= 0.6 is 0 Å². The number of hydrogen-bond donors (Lipinski definition) is 0. The maximum absolute atomic E-state index is 12.9. The Kier molecular flexibility index (Phi) is 7.05. The van der Waals surface area contributed by atoms with Gasteiger partial charge in [-0.15, -0.1) is 0 Å². The van der Waals surface area contributed by atoms with Crippen molar-refractivity contribution in [2.24, 2.45) is 5.92 Å². The zero-order chi connectivity index (χ0) is 22.7. The molecule has 0 spiro atoms. The maximum atomic E-state index is 12.9. The number of carbonyl (C=O) groups excluding carboxylic acids is 2. The number of sulfonamides is 1. The molecule has 1 aromatic rings. The van der Waals surface area contributed by atoms with Crippen molar-refractivity contribution in [2.75, 3.05) is 52.4 Å². The van der Waals surface area contributed by atoms with Crippen molar-refractivity contribution < 1.29 is 18.0 Å². The average Bonchev–Trinajstić information content (AvgIpc) is 2.84. The fourth-order valence-corrected chi connectivity index (χ4v) is 6.45. The van der Waals surface area contributed by atoms with Gasteiger partial charge in [-0.2, -0.15) is 4.31 Å². The van der Waals surface area contributed by atoms with E-state index in [1.54, 1.807) is 21.3 Å². The fourth-order valence-electron chi connectivity index (χ4n) is 4.85. The number of hydrogen-bond acceptors (Lipinski definition) is 4. The Morgan fingerprint density at radius 3 is 2.00 bits per heavy atom. The minimum atomic E-state index is -3.53. The van der Waals surface area contributed by atoms with E-state index >= 15 is 0 Å². The molecule has 3 aliphatic rings. The van der Waals surface area contributed by atoms with Crippen molar-refractivity contribution in [3.63, 3.8) is 0 Å². The van der Waals surface area contributed by atoms with Crippen molar-refractivity contribution in [3.05, 3.63) is 29.8 Å². The van der Waals surface area contributed by atoms with E-state index in [2.05, 4.69) is 6.92 Å². The molecule has 0 bridgehead atoms. The molecule has 3 saturated heterocycles. The van der Waals surface area contributed by atoms with E-state index in [4.69, 9.17) is 0 Å². The molecule has 1 aromatic carbocycles. The van der Waals surface area contributed by atoms with Gasteiger partial charge < -0.3 is 14.7 Å². The lowest BCUT2D eigenvalue weighted by atomic mass is 10.0. The van der Waals surface area contributed by atoms with Crippen molar-refractivity contribution in [1.29, 1.82) is 0 Å². The predicted octanol–water partition coefficient (Wildman–Crippen LogP) is 2.47. The molecule has 3 amide bonds. The van der Waals surface area contributed by atoms with Crippen LogP contribution < -0.4 is 0 Å². The molecule has 9 heteroatoms. The first-order valence-electron chi connectivity index (χ1n) is 11.8. The summed E-state index contributed by atoms with van der Waals surface area (Å²) >= 11 is 0. The summed E-state index contributed by atoms with van der Waals surface area (Å²) in [5.74, 6) is 0.241. The number of carbonyl (C=O) groups is 2. The van der Waals surface area contributed by atoms with E-state index < -0.39 is 10.0 Å². The fraction of sp³-hybridized carbons (Fsp3) is 0.652. The summed E-state index contributed by atoms with van der Waals surface area (Å²) in [6.07, 6.45) is 5.24. The summed E-state index contributed by atoms with van der Waals surface area (Å²) in [7, 11) is -3.53. The highest BCUT2D eigenvalue weighted by molar-refractivity contribution is 7.89. The van der Waals surface area contributed by atoms with E-state index in [9.17, 15) is 18.0 Å². The van der Waals surface area contributed by atoms with E-state index in [0.29, 0.717) is 50.7 Å². The summed E-state index contributed by atoms with van der Waals surface area (Å²) in [4.78, 5) is 31.3. The molecule has 0 saturated carbocycles. The van der Waals surface area contributed by atoms with Crippen LogP contribution in [-0.2, 0) is 10.0 Å². The zero-order valence-electron chi connectivity index (χ0n) is 18.9. The van der Waals surface area contributed by atoms with Gasteiger partial charge in [0.1, 0.15) is 0 Å². The second-order valence-corrected chi connectivity index (χ2v) is 11.2. The van der Waals surface area contributed by atoms with E-state index in [0.717, 1.165) is 38.8 Å². The highest BCUT2D eigenvalue weighted by Gasteiger charge is 2.30. The largest absolute Gasteiger partial charge is 0.335 e. The van der Waals surface area contributed by atoms with Gasteiger partial charge in [0.25, 0.3) is 5.91 Å². The van der Waals surface area contributed by atoms with Crippen LogP contribution in [0, 0.1) is 5.92 Å². The molecule has 0 radical (unpaired) electrons. The molecule has 3 aliphatic heterocycles. The van der Waals surface area contributed by atoms with Crippen LogP contribution in [0.15, 0.2) is 29.2 Å². The highest BCUT2D eigenvalue weighted by atomic mass is 32.2. The summed E-state index contributed by atoms with van der Waals surface area (Å²) < 4.78 is 27.4. The Hall–Kier alpha value is -2.13. The summed E-state index contributed by atoms with van der Waals surface area (Å²) in [5.41, 5.74) is 0.478. The molecule has 8 nitrogen and oxygen atoms in total. The average molecular weight is 463 g/mol. The van der Waals surface area contributed by atoms with Crippen LogP contribution in [0.2, 0.25) is 0 Å². The third-order valence-corrected chi connectivity index (χ3v) is 8.70. The lowest BCUT2D eigenvalue weighted by molar-refractivity contribution is 0.0633. The Balaban J connectivity index is 1.34. The summed E-state index contributed by atoms with van der Waals surface area (Å²) in [5, 5.41) is 0. The van der Waals surface area contributed by atoms with Crippen LogP contribution in [0.25, 0.3) is 0 Å². The van der Waals surface area contributed by atoms with Crippen molar-refractivity contribution >= 4 is 22.0 Å². The summed E-state index contributed by atoms with van der Waals surface area (Å²) in [6.45, 7) is 6.85. The third kappa shape index (κ3) is 4.93. The quantitative estimate of drug-likeness (QED) is 0.691. The SMILES string of the molecule is CC1CCCN(S(=O)(=O)c2ccc(C(=O)N3CCN(C(=O)N4CCCCC4)CC3)cc2)C1. The van der Waals surface area contributed by atoms with Crippen LogP contribution in [-0.4, -0.2) is 91.7 Å². The molecule has 3 heterocycles. The monoisotopic (exact) mass is 462 g/mol. The van der Waals surface area contributed by atoms with Crippen molar-refractivity contribution in [2.45, 2.75) is 43.9 Å². The Morgan fingerprint density at radius 2 is 1.38 bits per heavy atom. The molecule has 3 fully saturated rings. The van der Waals surface area contributed by atoms with Gasteiger partial charge in [0.15, 0.2) is 0 Å². The van der Waals surface area contributed by atoms with Crippen LogP contribution in [0.3, 0.4) is 0 Å². The number of benzene rings is 1. The van der Waals surface area contributed by atoms with Gasteiger partial charge in [-0.3, -0.25) is 4.79 Å². The number of amides is 3. The first kappa shape index (κ1) is 23.0. The van der Waals surface area contributed by atoms with Gasteiger partial charge in [-0.1, -0.05) is 6.92 Å². The van der Waals surface area contributed by atoms with Gasteiger partial charge in [0, 0.05) is 57.9 Å². The number of urea groups is 1. The van der Waals surface area contributed by atoms with Gasteiger partial charge in [0.05, 0.1) is 4.90 Å². The summed E-state index contributed by atoms with van der Waals surface area (Å²) in [6, 6.07) is 6.37. The molecule has 0 aliphatic carbocycles. The molecular formula is C23H34N4O4S. The molecule has 0 N–H and O–H groups in total. The molecule has 1 unspecified atom stereocenters. The molecule has 32 heavy (non-hydrogen) atoms. The molecule has 4 rings (SSSR count). The van der Waals surface area contributed by atoms with Crippen molar-refractivity contribution in [1.82, 2.24) is 19.0 Å². The normalized spacial score (nSPS) is 23.3. The second kappa shape index (κ2) is 9.79. The number of piperazine rings is 1. The van der Waals surface area contributed by atoms with Gasteiger partial charge >= 0.3 is 6.03 Å². The van der Waals surface area contributed by atoms with E-state index in [-0.39, 0.29) is 16.8 Å². The Bertz CT molecular complexity index is 920. The van der Waals surface area contributed by atoms with Crippen molar-refractivity contribution in [3.8, 4) is 0 Å². The lowest BCUT2D eigenvalue weighted by Gasteiger charge is -2.38. The number of likely N-dealkylation sites (tertiary alicyclic amines) is 1. The topological polar surface area (TPSA) is 81.2 Å².